The van der Waals surface area contributed by atoms with Crippen LogP contribution in [0.5, 0.6) is 5.75 Å². The molecule has 6 heteroatoms. The lowest BCUT2D eigenvalue weighted by atomic mass is 10.2. The van der Waals surface area contributed by atoms with E-state index in [1.807, 2.05) is 6.92 Å². The smallest absolute Gasteiger partial charge is 0.221 e. The normalized spacial score (nSPS) is 9.88. The van der Waals surface area contributed by atoms with E-state index in [2.05, 4.69) is 5.32 Å². The molecule has 0 aliphatic heterocycles. The quantitative estimate of drug-likeness (QED) is 0.686. The largest absolute Gasteiger partial charge is 0.491 e. The Hall–Kier alpha value is -1.79. The summed E-state index contributed by atoms with van der Waals surface area (Å²) >= 11 is 0. The van der Waals surface area contributed by atoms with Crippen LogP contribution in [0, 0.1) is 0 Å². The molecule has 0 atom stereocenters. The minimum Gasteiger partial charge on any atom is -0.491 e. The van der Waals surface area contributed by atoms with Crippen molar-refractivity contribution in [1.82, 2.24) is 0 Å². The highest BCUT2D eigenvalue weighted by atomic mass is 16.8. The van der Waals surface area contributed by atoms with Crippen LogP contribution in [0.25, 0.3) is 0 Å². The van der Waals surface area contributed by atoms with Gasteiger partial charge in [0.1, 0.15) is 5.75 Å². The molecule has 0 spiro atoms. The van der Waals surface area contributed by atoms with Crippen molar-refractivity contribution in [1.29, 1.82) is 0 Å². The molecule has 0 heterocycles. The molecule has 1 aromatic rings. The monoisotopic (exact) mass is 240 g/mol. The molecular weight excluding hydrogens is 224 g/mol. The number of rotatable bonds is 5. The minimum atomic E-state index is -0.258. The van der Waals surface area contributed by atoms with Crippen LogP contribution in [0.4, 0.5) is 11.4 Å². The maximum atomic E-state index is 11.0. The van der Waals surface area contributed by atoms with Gasteiger partial charge in [-0.05, 0) is 24.6 Å². The Labute approximate surface area is 99.3 Å². The van der Waals surface area contributed by atoms with Crippen molar-refractivity contribution in [2.24, 2.45) is 0 Å². The number of benzene rings is 1. The molecule has 1 aromatic carbocycles. The zero-order chi connectivity index (χ0) is 12.8. The molecule has 0 fully saturated rings. The number of anilines is 2. The third-order valence-corrected chi connectivity index (χ3v) is 1.97. The van der Waals surface area contributed by atoms with Gasteiger partial charge in [-0.15, -0.1) is 5.23 Å². The van der Waals surface area contributed by atoms with E-state index in [4.69, 9.17) is 15.2 Å². The van der Waals surface area contributed by atoms with Crippen LogP contribution in [0.2, 0.25) is 0 Å². The van der Waals surface area contributed by atoms with Crippen molar-refractivity contribution in [3.05, 3.63) is 18.2 Å². The van der Waals surface area contributed by atoms with Crippen molar-refractivity contribution in [2.75, 3.05) is 17.2 Å². The number of nitrogens with one attached hydrogen (secondary N) is 1. The Balaban J connectivity index is 2.98. The van der Waals surface area contributed by atoms with Crippen LogP contribution in [-0.2, 0) is 4.79 Å². The number of ether oxygens (including phenoxy) is 1. The Morgan fingerprint density at radius 1 is 1.47 bits per heavy atom. The molecule has 0 unspecified atom stereocenters. The summed E-state index contributed by atoms with van der Waals surface area (Å²) in [6, 6.07) is 4.44. The molecule has 0 saturated carbocycles. The first-order valence-corrected chi connectivity index (χ1v) is 5.27. The topological polar surface area (TPSA) is 82.0 Å². The highest BCUT2D eigenvalue weighted by molar-refractivity contribution is 5.91. The van der Waals surface area contributed by atoms with Gasteiger partial charge in [0.25, 0.3) is 0 Å². The molecule has 0 radical (unpaired) electrons. The summed E-state index contributed by atoms with van der Waals surface area (Å²) in [5, 5.41) is 20.3. The van der Waals surface area contributed by atoms with E-state index in [-0.39, 0.29) is 16.8 Å². The minimum absolute atomic E-state index is 0.0189. The fourth-order valence-corrected chi connectivity index (χ4v) is 1.27. The first-order chi connectivity index (χ1) is 8.04. The molecule has 0 bridgehead atoms. The van der Waals surface area contributed by atoms with Crippen molar-refractivity contribution < 1.29 is 19.9 Å². The summed E-state index contributed by atoms with van der Waals surface area (Å²) in [7, 11) is 0. The van der Waals surface area contributed by atoms with Crippen LogP contribution < -0.4 is 15.3 Å². The molecular formula is C11H16N2O4. The Morgan fingerprint density at radius 3 is 2.71 bits per heavy atom. The predicted octanol–water partition coefficient (Wildman–Crippen LogP) is 2.02. The number of carbonyl (C=O) groups is 1. The number of hydrogen-bond acceptors (Lipinski definition) is 5. The lowest BCUT2D eigenvalue weighted by Gasteiger charge is -2.14. The summed E-state index contributed by atoms with van der Waals surface area (Å²) < 4.78 is 5.43. The van der Waals surface area contributed by atoms with E-state index < -0.39 is 0 Å². The van der Waals surface area contributed by atoms with Crippen molar-refractivity contribution in [2.45, 2.75) is 20.3 Å². The van der Waals surface area contributed by atoms with Gasteiger partial charge in [0.15, 0.2) is 0 Å². The molecule has 6 nitrogen and oxygen atoms in total. The number of carbonyl (C=O) groups excluding carboxylic acids is 1. The first kappa shape index (κ1) is 13.3. The highest BCUT2D eigenvalue weighted by Gasteiger charge is 2.09. The summed E-state index contributed by atoms with van der Waals surface area (Å²) in [6.45, 7) is 3.86. The lowest BCUT2D eigenvalue weighted by molar-refractivity contribution is -0.114. The van der Waals surface area contributed by atoms with Crippen molar-refractivity contribution in [3.8, 4) is 5.75 Å². The van der Waals surface area contributed by atoms with Gasteiger partial charge >= 0.3 is 0 Å². The lowest BCUT2D eigenvalue weighted by Crippen LogP contribution is -2.13. The predicted molar refractivity (Wildman–Crippen MR) is 62.6 cm³/mol. The Morgan fingerprint density at radius 2 is 2.18 bits per heavy atom. The molecule has 0 aliphatic carbocycles. The standard InChI is InChI=1S/C11H16N2O4/c1-3-6-17-11-5-4-9(13(15)16)7-10(11)12-8(2)14/h4-5,7,15-16H,3,6H2,1-2H3,(H,12,14). The number of nitrogens with zero attached hydrogens (tertiary/aromatic N) is 1. The van der Waals surface area contributed by atoms with E-state index >= 15 is 0 Å². The van der Waals surface area contributed by atoms with Crippen LogP contribution in [0.15, 0.2) is 18.2 Å². The van der Waals surface area contributed by atoms with Gasteiger partial charge in [0.05, 0.1) is 18.0 Å². The average molecular weight is 240 g/mol. The van der Waals surface area contributed by atoms with Gasteiger partial charge < -0.3 is 10.1 Å². The van der Waals surface area contributed by atoms with Gasteiger partial charge in [-0.3, -0.25) is 15.2 Å². The van der Waals surface area contributed by atoms with Crippen LogP contribution in [-0.4, -0.2) is 22.9 Å². The second-order valence-corrected chi connectivity index (χ2v) is 3.50. The van der Waals surface area contributed by atoms with Crippen LogP contribution in [0.1, 0.15) is 20.3 Å². The zero-order valence-corrected chi connectivity index (χ0v) is 9.80. The van der Waals surface area contributed by atoms with E-state index in [0.717, 1.165) is 6.42 Å². The van der Waals surface area contributed by atoms with Crippen molar-refractivity contribution >= 4 is 17.3 Å². The molecule has 3 N–H and O–H groups in total. The van der Waals surface area contributed by atoms with E-state index in [9.17, 15) is 4.79 Å². The zero-order valence-electron chi connectivity index (χ0n) is 9.80. The van der Waals surface area contributed by atoms with Gasteiger partial charge in [-0.2, -0.15) is 0 Å². The maximum absolute atomic E-state index is 11.0. The summed E-state index contributed by atoms with van der Waals surface area (Å²) in [5.74, 6) is 0.235. The van der Waals surface area contributed by atoms with Crippen LogP contribution in [0.3, 0.4) is 0 Å². The maximum Gasteiger partial charge on any atom is 0.221 e. The third-order valence-electron chi connectivity index (χ3n) is 1.97. The molecule has 0 saturated heterocycles. The van der Waals surface area contributed by atoms with Gasteiger partial charge in [0, 0.05) is 6.92 Å². The summed E-state index contributed by atoms with van der Waals surface area (Å²) in [4.78, 5) is 11.0. The fraction of sp³-hybridized carbons (Fsp3) is 0.364. The molecule has 94 valence electrons. The molecule has 1 rings (SSSR count). The summed E-state index contributed by atoms with van der Waals surface area (Å²) in [6.07, 6.45) is 0.841. The number of hydrogen-bond donors (Lipinski definition) is 3. The molecule has 1 amide bonds. The van der Waals surface area contributed by atoms with Crippen LogP contribution >= 0.6 is 0 Å². The number of amides is 1. The van der Waals surface area contributed by atoms with E-state index in [1.165, 1.54) is 19.1 Å². The second kappa shape index (κ2) is 6.07. The molecule has 0 aliphatic rings. The highest BCUT2D eigenvalue weighted by Crippen LogP contribution is 2.29. The third kappa shape index (κ3) is 3.93. The Bertz CT molecular complexity index is 393. The molecule has 0 aromatic heterocycles. The second-order valence-electron chi connectivity index (χ2n) is 3.50. The van der Waals surface area contributed by atoms with Gasteiger partial charge in [-0.25, -0.2) is 0 Å². The van der Waals surface area contributed by atoms with E-state index in [1.54, 1.807) is 6.07 Å². The van der Waals surface area contributed by atoms with Gasteiger partial charge in [0.2, 0.25) is 5.91 Å². The average Bonchev–Trinajstić information content (AvgIpc) is 2.26. The SMILES string of the molecule is CCCOc1ccc(N(O)O)cc1NC(C)=O. The first-order valence-electron chi connectivity index (χ1n) is 5.27. The molecule has 17 heavy (non-hydrogen) atoms. The summed E-state index contributed by atoms with van der Waals surface area (Å²) in [5.41, 5.74) is 0.536. The van der Waals surface area contributed by atoms with E-state index in [0.29, 0.717) is 18.0 Å². The Kier molecular flexibility index (Phi) is 4.74. The van der Waals surface area contributed by atoms with Crippen molar-refractivity contribution in [3.63, 3.8) is 0 Å². The van der Waals surface area contributed by atoms with Gasteiger partial charge in [-0.1, -0.05) is 6.92 Å². The fourth-order valence-electron chi connectivity index (χ4n) is 1.27.